The lowest BCUT2D eigenvalue weighted by molar-refractivity contribution is -0.121. The van der Waals surface area contributed by atoms with E-state index in [1.807, 2.05) is 64.1 Å². The van der Waals surface area contributed by atoms with Gasteiger partial charge in [0.25, 0.3) is 0 Å². The molecule has 0 bridgehead atoms. The van der Waals surface area contributed by atoms with Gasteiger partial charge in [-0.25, -0.2) is 0 Å². The van der Waals surface area contributed by atoms with Gasteiger partial charge < -0.3 is 4.74 Å². The topological polar surface area (TPSA) is 26.3 Å². The third kappa shape index (κ3) is 6.45. The molecule has 1 unspecified atom stereocenters. The Bertz CT molecular complexity index is 605. The first-order valence-electron chi connectivity index (χ1n) is 8.13. The number of carbonyl (C=O) groups is 1. The first-order valence-corrected chi connectivity index (χ1v) is 8.51. The van der Waals surface area contributed by atoms with Crippen molar-refractivity contribution in [1.82, 2.24) is 0 Å². The first kappa shape index (κ1) is 19.2. The Kier molecular flexibility index (Phi) is 8.42. The van der Waals surface area contributed by atoms with Crippen molar-refractivity contribution in [2.45, 2.75) is 40.5 Å². The molecule has 3 heteroatoms. The number of benzene rings is 2. The van der Waals surface area contributed by atoms with Crippen LogP contribution >= 0.6 is 11.6 Å². The van der Waals surface area contributed by atoms with Crippen molar-refractivity contribution in [3.63, 3.8) is 0 Å². The highest BCUT2D eigenvalue weighted by molar-refractivity contribution is 6.30. The van der Waals surface area contributed by atoms with Crippen LogP contribution in [-0.2, 0) is 11.2 Å². The van der Waals surface area contributed by atoms with Gasteiger partial charge in [0.2, 0.25) is 0 Å². The van der Waals surface area contributed by atoms with Crippen LogP contribution in [0, 0.1) is 5.92 Å². The molecule has 2 aromatic carbocycles. The largest absolute Gasteiger partial charge is 0.457 e. The van der Waals surface area contributed by atoms with Crippen molar-refractivity contribution in [1.29, 1.82) is 0 Å². The summed E-state index contributed by atoms with van der Waals surface area (Å²) in [5.74, 6) is 1.82. The smallest absolute Gasteiger partial charge is 0.140 e. The maximum atomic E-state index is 12.0. The van der Waals surface area contributed by atoms with E-state index in [2.05, 4.69) is 0 Å². The Balaban J connectivity index is 0.00000127. The second-order valence-corrected chi connectivity index (χ2v) is 5.59. The first-order chi connectivity index (χ1) is 11.1. The standard InChI is InChI=1S/C18H19ClO2.C2H6/c1-3-13(2)18(20)12-14-5-4-6-17(11-14)21-16-9-7-15(19)8-10-16;1-2/h4-11,13H,3,12H2,1-2H3;1-2H3. The van der Waals surface area contributed by atoms with Crippen molar-refractivity contribution in [3.05, 3.63) is 59.1 Å². The predicted molar refractivity (Wildman–Crippen MR) is 97.5 cm³/mol. The van der Waals surface area contributed by atoms with E-state index in [9.17, 15) is 4.79 Å². The lowest BCUT2D eigenvalue weighted by Crippen LogP contribution is -2.12. The van der Waals surface area contributed by atoms with Crippen LogP contribution in [0.25, 0.3) is 0 Å². The van der Waals surface area contributed by atoms with Crippen LogP contribution in [0.1, 0.15) is 39.7 Å². The van der Waals surface area contributed by atoms with E-state index in [4.69, 9.17) is 16.3 Å². The van der Waals surface area contributed by atoms with Crippen LogP contribution in [0.5, 0.6) is 11.5 Å². The summed E-state index contributed by atoms with van der Waals surface area (Å²) >= 11 is 5.85. The van der Waals surface area contributed by atoms with Gasteiger partial charge in [0.05, 0.1) is 0 Å². The van der Waals surface area contributed by atoms with Gasteiger partial charge in [-0.15, -0.1) is 0 Å². The van der Waals surface area contributed by atoms with Crippen molar-refractivity contribution in [3.8, 4) is 11.5 Å². The number of ketones is 1. The number of hydrogen-bond donors (Lipinski definition) is 0. The van der Waals surface area contributed by atoms with Crippen LogP contribution < -0.4 is 4.74 Å². The molecule has 2 nitrogen and oxygen atoms in total. The van der Waals surface area contributed by atoms with E-state index in [1.54, 1.807) is 12.1 Å². The Morgan fingerprint density at radius 3 is 2.35 bits per heavy atom. The Morgan fingerprint density at radius 2 is 1.74 bits per heavy atom. The molecule has 0 aliphatic rings. The average molecular weight is 333 g/mol. The molecular formula is C20H25ClO2. The summed E-state index contributed by atoms with van der Waals surface area (Å²) < 4.78 is 5.77. The van der Waals surface area contributed by atoms with Crippen molar-refractivity contribution in [2.75, 3.05) is 0 Å². The van der Waals surface area contributed by atoms with E-state index in [0.29, 0.717) is 11.4 Å². The lowest BCUT2D eigenvalue weighted by atomic mass is 9.97. The number of rotatable bonds is 6. The molecular weight excluding hydrogens is 308 g/mol. The molecule has 0 aliphatic heterocycles. The monoisotopic (exact) mass is 332 g/mol. The van der Waals surface area contributed by atoms with Crippen molar-refractivity contribution < 1.29 is 9.53 Å². The molecule has 1 atom stereocenters. The second-order valence-electron chi connectivity index (χ2n) is 5.16. The fourth-order valence-corrected chi connectivity index (χ4v) is 2.09. The van der Waals surface area contributed by atoms with Crippen molar-refractivity contribution in [2.24, 2.45) is 5.92 Å². The van der Waals surface area contributed by atoms with Crippen LogP contribution in [0.2, 0.25) is 5.02 Å². The highest BCUT2D eigenvalue weighted by Gasteiger charge is 2.11. The molecule has 0 aliphatic carbocycles. The Morgan fingerprint density at radius 1 is 1.09 bits per heavy atom. The summed E-state index contributed by atoms with van der Waals surface area (Å²) in [7, 11) is 0. The zero-order valence-corrected chi connectivity index (χ0v) is 15.1. The number of halogens is 1. The summed E-state index contributed by atoms with van der Waals surface area (Å²) in [6.45, 7) is 8.00. The Hall–Kier alpha value is -1.80. The SMILES string of the molecule is CC.CCC(C)C(=O)Cc1cccc(Oc2ccc(Cl)cc2)c1. The van der Waals surface area contributed by atoms with E-state index in [1.165, 1.54) is 0 Å². The highest BCUT2D eigenvalue weighted by atomic mass is 35.5. The van der Waals surface area contributed by atoms with Crippen molar-refractivity contribution >= 4 is 17.4 Å². The van der Waals surface area contributed by atoms with E-state index in [0.717, 1.165) is 23.5 Å². The summed E-state index contributed by atoms with van der Waals surface area (Å²) in [5, 5.41) is 0.676. The minimum atomic E-state index is 0.103. The molecule has 0 spiro atoms. The van der Waals surface area contributed by atoms with E-state index >= 15 is 0 Å². The molecule has 0 aromatic heterocycles. The second kappa shape index (κ2) is 10.1. The third-order valence-electron chi connectivity index (χ3n) is 3.49. The zero-order chi connectivity index (χ0) is 17.2. The molecule has 124 valence electrons. The number of ether oxygens (including phenoxy) is 1. The molecule has 0 amide bonds. The zero-order valence-electron chi connectivity index (χ0n) is 14.3. The summed E-state index contributed by atoms with van der Waals surface area (Å²) in [4.78, 5) is 12.0. The van der Waals surface area contributed by atoms with Crippen LogP contribution in [0.15, 0.2) is 48.5 Å². The van der Waals surface area contributed by atoms with Gasteiger partial charge in [0, 0.05) is 17.4 Å². The maximum absolute atomic E-state index is 12.0. The fourth-order valence-electron chi connectivity index (χ4n) is 1.96. The molecule has 23 heavy (non-hydrogen) atoms. The van der Waals surface area contributed by atoms with Gasteiger partial charge in [-0.1, -0.05) is 51.4 Å². The molecule has 0 radical (unpaired) electrons. The molecule has 0 heterocycles. The summed E-state index contributed by atoms with van der Waals surface area (Å²) in [6, 6.07) is 14.9. The van der Waals surface area contributed by atoms with Crippen LogP contribution in [0.4, 0.5) is 0 Å². The maximum Gasteiger partial charge on any atom is 0.140 e. The number of Topliss-reactive ketones (excluding diaryl/α,β-unsaturated/α-hetero) is 1. The number of carbonyl (C=O) groups excluding carboxylic acids is 1. The van der Waals surface area contributed by atoms with Gasteiger partial charge in [0.1, 0.15) is 17.3 Å². The molecule has 2 rings (SSSR count). The van der Waals surface area contributed by atoms with Gasteiger partial charge in [-0.3, -0.25) is 4.79 Å². The number of hydrogen-bond acceptors (Lipinski definition) is 2. The fraction of sp³-hybridized carbons (Fsp3) is 0.350. The van der Waals surface area contributed by atoms with Gasteiger partial charge in [0.15, 0.2) is 0 Å². The summed E-state index contributed by atoms with van der Waals surface area (Å²) in [6.07, 6.45) is 1.33. The molecule has 0 saturated heterocycles. The van der Waals surface area contributed by atoms with E-state index in [-0.39, 0.29) is 11.7 Å². The lowest BCUT2D eigenvalue weighted by Gasteiger charge is -2.09. The Labute approximate surface area is 144 Å². The van der Waals surface area contributed by atoms with Gasteiger partial charge in [-0.05, 0) is 48.4 Å². The van der Waals surface area contributed by atoms with Gasteiger partial charge in [-0.2, -0.15) is 0 Å². The quantitative estimate of drug-likeness (QED) is 0.619. The minimum Gasteiger partial charge on any atom is -0.457 e. The highest BCUT2D eigenvalue weighted by Crippen LogP contribution is 2.24. The van der Waals surface area contributed by atoms with Gasteiger partial charge >= 0.3 is 0 Å². The molecule has 2 aromatic rings. The van der Waals surface area contributed by atoms with Crippen LogP contribution in [-0.4, -0.2) is 5.78 Å². The normalized spacial score (nSPS) is 11.2. The third-order valence-corrected chi connectivity index (χ3v) is 3.74. The van der Waals surface area contributed by atoms with E-state index < -0.39 is 0 Å². The molecule has 0 saturated carbocycles. The average Bonchev–Trinajstić information content (AvgIpc) is 2.58. The minimum absolute atomic E-state index is 0.103. The van der Waals surface area contributed by atoms with Crippen LogP contribution in [0.3, 0.4) is 0 Å². The molecule has 0 fully saturated rings. The molecule has 0 N–H and O–H groups in total. The summed E-state index contributed by atoms with van der Waals surface area (Å²) in [5.41, 5.74) is 0.978. The predicted octanol–water partition coefficient (Wildman–Crippen LogP) is 6.32.